The van der Waals surface area contributed by atoms with Crippen molar-refractivity contribution in [2.24, 2.45) is 0 Å². The molecule has 0 bridgehead atoms. The third-order valence-electron chi connectivity index (χ3n) is 8.55. The molecule has 0 aromatic heterocycles. The normalized spacial score (nSPS) is 18.5. The summed E-state index contributed by atoms with van der Waals surface area (Å²) in [6.45, 7) is 3.13. The van der Waals surface area contributed by atoms with Gasteiger partial charge in [0.25, 0.3) is 0 Å². The first-order valence-electron chi connectivity index (χ1n) is 16.0. The second-order valence-electron chi connectivity index (χ2n) is 11.9. The predicted octanol–water partition coefficient (Wildman–Crippen LogP) is 5.17. The van der Waals surface area contributed by atoms with E-state index in [1.807, 2.05) is 114 Å². The summed E-state index contributed by atoms with van der Waals surface area (Å²) in [6, 6.07) is 38.3. The quantitative estimate of drug-likeness (QED) is 0.290. The summed E-state index contributed by atoms with van der Waals surface area (Å²) < 4.78 is 5.23. The predicted molar refractivity (Wildman–Crippen MR) is 182 cm³/mol. The van der Waals surface area contributed by atoms with Crippen LogP contribution in [-0.2, 0) is 22.6 Å². The number of benzene rings is 4. The maximum atomic E-state index is 14.0. The fourth-order valence-electron chi connectivity index (χ4n) is 6.11. The number of methoxy groups -OCH3 is 1. The molecular weight excluding hydrogens is 590 g/mol. The SMILES string of the molecule is COc1ccc(CNC(=O)N2[C@H]3CN(CC(C)c4ccccc4)C(=O)[C@H](Cc4ccccc4)N3C(=O)CN2C)cc1.c1ccccc1. The summed E-state index contributed by atoms with van der Waals surface area (Å²) in [5, 5.41) is 6.25. The number of ether oxygens (including phenoxy) is 1. The summed E-state index contributed by atoms with van der Waals surface area (Å²) in [7, 11) is 3.35. The maximum Gasteiger partial charge on any atom is 0.334 e. The Labute approximate surface area is 277 Å². The van der Waals surface area contributed by atoms with E-state index in [0.717, 1.165) is 22.4 Å². The van der Waals surface area contributed by atoms with Crippen LogP contribution < -0.4 is 10.1 Å². The van der Waals surface area contributed by atoms with E-state index in [0.29, 0.717) is 19.5 Å². The standard InChI is InChI=1S/C32H37N5O4.C6H6/c1-23(26-12-8-5-9-13-26)20-35-21-29-36(28(31(35)39)18-24-10-6-4-7-11-24)30(38)22-34(2)37(29)32(40)33-19-25-14-16-27(41-3)17-15-25;1-2-4-6-5-3-1/h4-17,23,28-29H,18-22H2,1-3H3,(H,33,40);1-6H/t23?,28-,29-;/m0./s1. The smallest absolute Gasteiger partial charge is 0.334 e. The first-order valence-corrected chi connectivity index (χ1v) is 16.0. The highest BCUT2D eigenvalue weighted by atomic mass is 16.5. The minimum atomic E-state index is -0.711. The first kappa shape index (κ1) is 33.2. The zero-order valence-electron chi connectivity index (χ0n) is 27.2. The van der Waals surface area contributed by atoms with Crippen LogP contribution in [0.2, 0.25) is 0 Å². The molecule has 0 radical (unpaired) electrons. The topological polar surface area (TPSA) is 85.4 Å². The zero-order valence-corrected chi connectivity index (χ0v) is 27.2. The van der Waals surface area contributed by atoms with Crippen molar-refractivity contribution in [3.05, 3.63) is 138 Å². The van der Waals surface area contributed by atoms with Crippen molar-refractivity contribution in [2.75, 3.05) is 33.8 Å². The van der Waals surface area contributed by atoms with E-state index in [9.17, 15) is 14.4 Å². The number of rotatable bonds is 8. The van der Waals surface area contributed by atoms with E-state index < -0.39 is 12.2 Å². The number of carbonyl (C=O) groups excluding carboxylic acids is 3. The average Bonchev–Trinajstić information content (AvgIpc) is 3.11. The molecule has 47 heavy (non-hydrogen) atoms. The van der Waals surface area contributed by atoms with Gasteiger partial charge >= 0.3 is 6.03 Å². The van der Waals surface area contributed by atoms with Gasteiger partial charge in [-0.05, 0) is 34.7 Å². The molecule has 9 nitrogen and oxygen atoms in total. The van der Waals surface area contributed by atoms with Gasteiger partial charge in [0.1, 0.15) is 18.0 Å². The number of carbonyl (C=O) groups is 3. The number of urea groups is 1. The highest BCUT2D eigenvalue weighted by Gasteiger charge is 2.50. The second kappa shape index (κ2) is 15.9. The molecule has 0 aliphatic carbocycles. The van der Waals surface area contributed by atoms with Gasteiger partial charge in [0.15, 0.2) is 0 Å². The van der Waals surface area contributed by atoms with Gasteiger partial charge < -0.3 is 19.9 Å². The third kappa shape index (κ3) is 8.37. The number of piperazine rings is 1. The fraction of sp³-hybridized carbons (Fsp3) is 0.289. The molecule has 4 aromatic carbocycles. The molecule has 244 valence electrons. The Morgan fingerprint density at radius 3 is 2.00 bits per heavy atom. The molecule has 6 rings (SSSR count). The van der Waals surface area contributed by atoms with Crippen LogP contribution in [0.4, 0.5) is 4.79 Å². The van der Waals surface area contributed by atoms with Crippen molar-refractivity contribution in [3.63, 3.8) is 0 Å². The van der Waals surface area contributed by atoms with E-state index >= 15 is 0 Å². The Morgan fingerprint density at radius 1 is 0.830 bits per heavy atom. The molecule has 2 aliphatic heterocycles. The van der Waals surface area contributed by atoms with E-state index in [4.69, 9.17) is 4.74 Å². The van der Waals surface area contributed by atoms with Crippen molar-refractivity contribution in [3.8, 4) is 5.75 Å². The van der Waals surface area contributed by atoms with E-state index in [2.05, 4.69) is 24.4 Å². The maximum absolute atomic E-state index is 14.0. The van der Waals surface area contributed by atoms with Gasteiger partial charge in [-0.15, -0.1) is 0 Å². The van der Waals surface area contributed by atoms with Gasteiger partial charge in [-0.2, -0.15) is 0 Å². The van der Waals surface area contributed by atoms with Gasteiger partial charge in [-0.25, -0.2) is 14.8 Å². The average molecular weight is 634 g/mol. The summed E-state index contributed by atoms with van der Waals surface area (Å²) >= 11 is 0. The van der Waals surface area contributed by atoms with E-state index in [1.165, 1.54) is 0 Å². The number of hydrazine groups is 1. The second-order valence-corrected chi connectivity index (χ2v) is 11.9. The lowest BCUT2D eigenvalue weighted by Gasteiger charge is -2.54. The molecule has 0 saturated carbocycles. The zero-order chi connectivity index (χ0) is 33.2. The van der Waals surface area contributed by atoms with Crippen LogP contribution in [0, 0.1) is 0 Å². The summed E-state index contributed by atoms with van der Waals surface area (Å²) in [6.07, 6.45) is -0.255. The molecule has 2 saturated heterocycles. The minimum absolute atomic E-state index is 0.00540. The molecule has 2 aliphatic rings. The molecule has 2 heterocycles. The number of nitrogens with one attached hydrogen (secondary N) is 1. The Hall–Kier alpha value is -5.15. The van der Waals surface area contributed by atoms with Crippen LogP contribution in [-0.4, -0.2) is 83.7 Å². The lowest BCUT2D eigenvalue weighted by atomic mass is 9.96. The Kier molecular flexibility index (Phi) is 11.2. The van der Waals surface area contributed by atoms with Gasteiger partial charge in [-0.1, -0.05) is 116 Å². The van der Waals surface area contributed by atoms with E-state index in [1.54, 1.807) is 29.1 Å². The molecule has 3 atom stereocenters. The number of nitrogens with zero attached hydrogens (tertiary/aromatic N) is 4. The number of likely N-dealkylation sites (N-methyl/N-ethyl adjacent to an activating group) is 1. The van der Waals surface area contributed by atoms with Gasteiger partial charge in [0.2, 0.25) is 11.8 Å². The van der Waals surface area contributed by atoms with Crippen LogP contribution >= 0.6 is 0 Å². The Bertz CT molecular complexity index is 1560. The van der Waals surface area contributed by atoms with Crippen LogP contribution in [0.1, 0.15) is 29.5 Å². The summed E-state index contributed by atoms with van der Waals surface area (Å²) in [5.74, 6) is 0.565. The number of hydrogen-bond donors (Lipinski definition) is 1. The van der Waals surface area contributed by atoms with Crippen LogP contribution in [0.25, 0.3) is 0 Å². The number of fused-ring (bicyclic) bond motifs is 1. The van der Waals surface area contributed by atoms with Crippen molar-refractivity contribution in [2.45, 2.75) is 38.0 Å². The van der Waals surface area contributed by atoms with Crippen LogP contribution in [0.5, 0.6) is 5.75 Å². The van der Waals surface area contributed by atoms with E-state index in [-0.39, 0.29) is 36.9 Å². The van der Waals surface area contributed by atoms with Gasteiger partial charge in [-0.3, -0.25) is 9.59 Å². The Balaban J connectivity index is 0.000000650. The minimum Gasteiger partial charge on any atom is -0.497 e. The summed E-state index contributed by atoms with van der Waals surface area (Å²) in [5.41, 5.74) is 3.02. The Morgan fingerprint density at radius 2 is 1.40 bits per heavy atom. The highest BCUT2D eigenvalue weighted by molar-refractivity contribution is 5.91. The summed E-state index contributed by atoms with van der Waals surface area (Å²) in [4.78, 5) is 44.6. The van der Waals surface area contributed by atoms with Crippen LogP contribution in [0.3, 0.4) is 0 Å². The van der Waals surface area contributed by atoms with Gasteiger partial charge in [0, 0.05) is 26.6 Å². The number of amides is 4. The van der Waals surface area contributed by atoms with Crippen molar-refractivity contribution in [1.29, 1.82) is 0 Å². The van der Waals surface area contributed by atoms with Crippen LogP contribution in [0.15, 0.2) is 121 Å². The molecule has 0 spiro atoms. The lowest BCUT2D eigenvalue weighted by molar-refractivity contribution is -0.187. The largest absolute Gasteiger partial charge is 0.497 e. The molecule has 4 amide bonds. The fourth-order valence-corrected chi connectivity index (χ4v) is 6.11. The molecule has 4 aromatic rings. The van der Waals surface area contributed by atoms with Gasteiger partial charge in [0.05, 0.1) is 20.2 Å². The molecule has 9 heteroatoms. The molecular formula is C38H43N5O4. The first-order chi connectivity index (χ1) is 22.9. The molecule has 1 unspecified atom stereocenters. The van der Waals surface area contributed by atoms with Crippen molar-refractivity contribution in [1.82, 2.24) is 25.1 Å². The highest BCUT2D eigenvalue weighted by Crippen LogP contribution is 2.29. The molecule has 1 N–H and O–H groups in total. The van der Waals surface area contributed by atoms with Crippen molar-refractivity contribution >= 4 is 17.8 Å². The monoisotopic (exact) mass is 633 g/mol. The number of hydrogen-bond acceptors (Lipinski definition) is 5. The lowest BCUT2D eigenvalue weighted by Crippen LogP contribution is -2.76. The van der Waals surface area contributed by atoms with Crippen molar-refractivity contribution < 1.29 is 19.1 Å². The molecule has 2 fully saturated rings. The third-order valence-corrected chi connectivity index (χ3v) is 8.55.